The zero-order chi connectivity index (χ0) is 13.2. The van der Waals surface area contributed by atoms with Gasteiger partial charge in [-0.2, -0.15) is 4.31 Å². The number of nitrogens with zero attached hydrogens (tertiary/aromatic N) is 1. The first-order chi connectivity index (χ1) is 8.55. The van der Waals surface area contributed by atoms with E-state index in [9.17, 15) is 8.42 Å². The molecule has 102 valence electrons. The van der Waals surface area contributed by atoms with E-state index in [2.05, 4.69) is 5.32 Å². The highest BCUT2D eigenvalue weighted by atomic mass is 32.2. The van der Waals surface area contributed by atoms with Crippen molar-refractivity contribution in [2.24, 2.45) is 0 Å². The Balaban J connectivity index is 2.11. The summed E-state index contributed by atoms with van der Waals surface area (Å²) in [6.45, 7) is 3.37. The fourth-order valence-electron chi connectivity index (χ4n) is 1.93. The lowest BCUT2D eigenvalue weighted by Crippen LogP contribution is -2.41. The summed E-state index contributed by atoms with van der Waals surface area (Å²) in [7, 11) is -1.83. The van der Waals surface area contributed by atoms with Crippen LogP contribution in [0.4, 0.5) is 0 Å². The molecule has 0 spiro atoms. The maximum absolute atomic E-state index is 12.3. The van der Waals surface area contributed by atoms with Crippen molar-refractivity contribution in [2.75, 3.05) is 13.6 Å². The largest absolute Gasteiger partial charge is 0.447 e. The summed E-state index contributed by atoms with van der Waals surface area (Å²) in [6.07, 6.45) is 3.00. The van der Waals surface area contributed by atoms with Crippen LogP contribution in [0.3, 0.4) is 0 Å². The molecule has 1 aliphatic rings. The Morgan fingerprint density at radius 2 is 2.17 bits per heavy atom. The molecule has 1 saturated carbocycles. The van der Waals surface area contributed by atoms with Crippen molar-refractivity contribution in [3.05, 3.63) is 17.9 Å². The lowest BCUT2D eigenvalue weighted by atomic mass is 9.94. The van der Waals surface area contributed by atoms with Crippen molar-refractivity contribution in [3.63, 3.8) is 0 Å². The molecule has 5 nitrogen and oxygen atoms in total. The number of hydrogen-bond acceptors (Lipinski definition) is 4. The van der Waals surface area contributed by atoms with Gasteiger partial charge in [0.2, 0.25) is 5.09 Å². The molecular weight excluding hydrogens is 252 g/mol. The minimum atomic E-state index is -3.46. The van der Waals surface area contributed by atoms with Gasteiger partial charge < -0.3 is 9.73 Å². The molecule has 1 fully saturated rings. The summed E-state index contributed by atoms with van der Waals surface area (Å²) in [5.74, 6) is 0.650. The molecular formula is C12H20N2O3S. The first-order valence-corrected chi connectivity index (χ1v) is 7.77. The van der Waals surface area contributed by atoms with Gasteiger partial charge in [0.15, 0.2) is 0 Å². The van der Waals surface area contributed by atoms with E-state index in [0.717, 1.165) is 25.8 Å². The van der Waals surface area contributed by atoms with Crippen molar-refractivity contribution in [3.8, 4) is 0 Å². The van der Waals surface area contributed by atoms with Crippen LogP contribution in [0.1, 0.15) is 31.9 Å². The van der Waals surface area contributed by atoms with Crippen LogP contribution in [-0.4, -0.2) is 32.4 Å². The van der Waals surface area contributed by atoms with Crippen LogP contribution < -0.4 is 5.32 Å². The number of furan rings is 1. The van der Waals surface area contributed by atoms with E-state index >= 15 is 0 Å². The Kier molecular flexibility index (Phi) is 4.09. The highest BCUT2D eigenvalue weighted by molar-refractivity contribution is 7.89. The first-order valence-electron chi connectivity index (χ1n) is 6.33. The fourth-order valence-corrected chi connectivity index (χ4v) is 3.27. The molecule has 0 aromatic carbocycles. The van der Waals surface area contributed by atoms with Gasteiger partial charge in [-0.25, -0.2) is 8.42 Å². The Hall–Kier alpha value is -0.850. The number of sulfonamides is 1. The monoisotopic (exact) mass is 272 g/mol. The van der Waals surface area contributed by atoms with Gasteiger partial charge >= 0.3 is 0 Å². The van der Waals surface area contributed by atoms with Gasteiger partial charge in [-0.05, 0) is 31.5 Å². The average molecular weight is 272 g/mol. The molecule has 1 aromatic rings. The SMILES string of the molecule is CCNCc1ccc(S(=O)(=O)N(C)C2CCC2)o1. The van der Waals surface area contributed by atoms with Gasteiger partial charge in [0.25, 0.3) is 10.0 Å². The third kappa shape index (κ3) is 2.60. The van der Waals surface area contributed by atoms with E-state index in [0.29, 0.717) is 12.3 Å². The molecule has 0 radical (unpaired) electrons. The minimum Gasteiger partial charge on any atom is -0.447 e. The van der Waals surface area contributed by atoms with Crippen molar-refractivity contribution >= 4 is 10.0 Å². The van der Waals surface area contributed by atoms with Crippen molar-refractivity contribution in [1.82, 2.24) is 9.62 Å². The van der Waals surface area contributed by atoms with Crippen LogP contribution in [0.15, 0.2) is 21.6 Å². The predicted molar refractivity (Wildman–Crippen MR) is 68.7 cm³/mol. The smallest absolute Gasteiger partial charge is 0.276 e. The Labute approximate surface area is 108 Å². The predicted octanol–water partition coefficient (Wildman–Crippen LogP) is 1.56. The maximum atomic E-state index is 12.3. The van der Waals surface area contributed by atoms with Crippen LogP contribution in [0.5, 0.6) is 0 Å². The molecule has 18 heavy (non-hydrogen) atoms. The van der Waals surface area contributed by atoms with Crippen LogP contribution in [0, 0.1) is 0 Å². The normalized spacial score (nSPS) is 17.1. The van der Waals surface area contributed by atoms with E-state index in [-0.39, 0.29) is 11.1 Å². The van der Waals surface area contributed by atoms with Gasteiger partial charge in [-0.1, -0.05) is 13.3 Å². The molecule has 0 aliphatic heterocycles. The lowest BCUT2D eigenvalue weighted by Gasteiger charge is -2.32. The standard InChI is InChI=1S/C12H20N2O3S/c1-3-13-9-11-7-8-12(17-11)18(15,16)14(2)10-5-4-6-10/h7-8,10,13H,3-6,9H2,1-2H3. The van der Waals surface area contributed by atoms with Crippen molar-refractivity contribution in [2.45, 2.75) is 43.9 Å². The second kappa shape index (κ2) is 5.42. The molecule has 1 heterocycles. The summed E-state index contributed by atoms with van der Waals surface area (Å²) in [6, 6.07) is 3.39. The molecule has 0 unspecified atom stereocenters. The zero-order valence-electron chi connectivity index (χ0n) is 10.8. The number of nitrogens with one attached hydrogen (secondary N) is 1. The summed E-state index contributed by atoms with van der Waals surface area (Å²) >= 11 is 0. The zero-order valence-corrected chi connectivity index (χ0v) is 11.7. The molecule has 2 rings (SSSR count). The highest BCUT2D eigenvalue weighted by Crippen LogP contribution is 2.29. The number of hydrogen-bond donors (Lipinski definition) is 1. The molecule has 6 heteroatoms. The maximum Gasteiger partial charge on any atom is 0.276 e. The van der Waals surface area contributed by atoms with Gasteiger partial charge in [-0.3, -0.25) is 0 Å². The van der Waals surface area contributed by atoms with E-state index in [1.54, 1.807) is 13.1 Å². The summed E-state index contributed by atoms with van der Waals surface area (Å²) in [4.78, 5) is 0. The van der Waals surface area contributed by atoms with Crippen LogP contribution in [0.2, 0.25) is 0 Å². The Bertz CT molecular complexity index is 491. The lowest BCUT2D eigenvalue weighted by molar-refractivity contribution is 0.244. The van der Waals surface area contributed by atoms with E-state index in [1.807, 2.05) is 6.92 Å². The van der Waals surface area contributed by atoms with E-state index < -0.39 is 10.0 Å². The first kappa shape index (κ1) is 13.6. The summed E-state index contributed by atoms with van der Waals surface area (Å²) < 4.78 is 31.4. The molecule has 0 amide bonds. The molecule has 0 saturated heterocycles. The van der Waals surface area contributed by atoms with Gasteiger partial charge in [0, 0.05) is 13.1 Å². The third-order valence-electron chi connectivity index (χ3n) is 3.41. The van der Waals surface area contributed by atoms with Crippen LogP contribution in [0.25, 0.3) is 0 Å². The Morgan fingerprint density at radius 1 is 1.44 bits per heavy atom. The number of rotatable bonds is 6. The van der Waals surface area contributed by atoms with Crippen molar-refractivity contribution in [1.29, 1.82) is 0 Å². The van der Waals surface area contributed by atoms with E-state index in [1.165, 1.54) is 10.4 Å². The molecule has 0 atom stereocenters. The Morgan fingerprint density at radius 3 is 2.72 bits per heavy atom. The third-order valence-corrected chi connectivity index (χ3v) is 5.19. The topological polar surface area (TPSA) is 62.6 Å². The average Bonchev–Trinajstić information content (AvgIpc) is 2.73. The second-order valence-electron chi connectivity index (χ2n) is 4.61. The quantitative estimate of drug-likeness (QED) is 0.853. The molecule has 1 aromatic heterocycles. The van der Waals surface area contributed by atoms with Crippen molar-refractivity contribution < 1.29 is 12.8 Å². The van der Waals surface area contributed by atoms with E-state index in [4.69, 9.17) is 4.42 Å². The minimum absolute atomic E-state index is 0.0461. The molecule has 1 N–H and O–H groups in total. The second-order valence-corrected chi connectivity index (χ2v) is 6.54. The molecule has 0 bridgehead atoms. The van der Waals surface area contributed by atoms with Gasteiger partial charge in [0.1, 0.15) is 5.76 Å². The highest BCUT2D eigenvalue weighted by Gasteiger charge is 2.33. The van der Waals surface area contributed by atoms with Gasteiger partial charge in [-0.15, -0.1) is 0 Å². The molecule has 1 aliphatic carbocycles. The summed E-state index contributed by atoms with van der Waals surface area (Å²) in [5.41, 5.74) is 0. The summed E-state index contributed by atoms with van der Waals surface area (Å²) in [5, 5.41) is 3.15. The van der Waals surface area contributed by atoms with Crippen LogP contribution in [-0.2, 0) is 16.6 Å². The van der Waals surface area contributed by atoms with Gasteiger partial charge in [0.05, 0.1) is 6.54 Å². The fraction of sp³-hybridized carbons (Fsp3) is 0.667. The van der Waals surface area contributed by atoms with Crippen LogP contribution >= 0.6 is 0 Å².